The van der Waals surface area contributed by atoms with E-state index in [4.69, 9.17) is 4.42 Å². The summed E-state index contributed by atoms with van der Waals surface area (Å²) in [6.45, 7) is 7.97. The van der Waals surface area contributed by atoms with E-state index in [1.165, 1.54) is 35.2 Å². The maximum atomic E-state index is 17.0. The minimum Gasteiger partial charge on any atom is -0.452 e. The van der Waals surface area contributed by atoms with E-state index in [1.807, 2.05) is 133 Å². The van der Waals surface area contributed by atoms with Crippen LogP contribution >= 0.6 is 0 Å². The number of benzene rings is 12. The molecule has 88 heavy (non-hydrogen) atoms. The van der Waals surface area contributed by atoms with E-state index in [0.29, 0.717) is 33.9 Å². The van der Waals surface area contributed by atoms with E-state index < -0.39 is 51.6 Å². The van der Waals surface area contributed by atoms with Crippen LogP contribution in [0.25, 0.3) is 56.3 Å². The highest BCUT2D eigenvalue weighted by atomic mass is 19.2. The number of nitrogens with zero attached hydrogens (tertiary/aromatic N) is 2. The van der Waals surface area contributed by atoms with Gasteiger partial charge in [0.05, 0.1) is 27.9 Å². The van der Waals surface area contributed by atoms with Crippen molar-refractivity contribution in [3.63, 3.8) is 0 Å². The van der Waals surface area contributed by atoms with Crippen LogP contribution in [0.3, 0.4) is 0 Å². The summed E-state index contributed by atoms with van der Waals surface area (Å²) in [6.07, 6.45) is 3.51. The zero-order valence-corrected chi connectivity index (χ0v) is 46.7. The molecule has 0 bridgehead atoms. The molecule has 2 aliphatic carbocycles. The van der Waals surface area contributed by atoms with Crippen molar-refractivity contribution in [1.29, 1.82) is 0 Å². The van der Waals surface area contributed by atoms with Gasteiger partial charge in [0, 0.05) is 46.0 Å². The molecule has 1 heterocycles. The number of rotatable bonds is 12. The Morgan fingerprint density at radius 3 is 1.18 bits per heavy atom. The average molecular weight is 1160 g/mol. The number of para-hydroxylation sites is 2. The second-order valence-electron chi connectivity index (χ2n) is 22.1. The van der Waals surface area contributed by atoms with E-state index >= 15 is 30.7 Å². The topological polar surface area (TPSA) is 19.6 Å². The Bertz CT molecular complexity index is 5000. The average Bonchev–Trinajstić information content (AvgIpc) is 1.54. The van der Waals surface area contributed by atoms with Crippen molar-refractivity contribution in [1.82, 2.24) is 0 Å². The first-order valence-corrected chi connectivity index (χ1v) is 28.5. The molecule has 0 N–H and O–H groups in total. The molecule has 424 valence electrons. The molecule has 3 nitrogen and oxygen atoms in total. The van der Waals surface area contributed by atoms with Crippen molar-refractivity contribution in [3.8, 4) is 22.3 Å². The maximum absolute atomic E-state index is 17.0. The quantitative estimate of drug-likeness (QED) is 0.0898. The Kier molecular flexibility index (Phi) is 12.6. The van der Waals surface area contributed by atoms with E-state index in [0.717, 1.165) is 96.1 Å². The van der Waals surface area contributed by atoms with Gasteiger partial charge in [-0.05, 0) is 151 Å². The lowest BCUT2D eigenvalue weighted by atomic mass is 9.67. The van der Waals surface area contributed by atoms with Crippen molar-refractivity contribution in [3.05, 3.63) is 358 Å². The van der Waals surface area contributed by atoms with Crippen LogP contribution in [0.15, 0.2) is 266 Å². The summed E-state index contributed by atoms with van der Waals surface area (Å²) in [5.41, 5.74) is 11.8. The van der Waals surface area contributed by atoms with Crippen molar-refractivity contribution >= 4 is 68.2 Å². The molecule has 2 atom stereocenters. The zero-order valence-electron chi connectivity index (χ0n) is 46.7. The lowest BCUT2D eigenvalue weighted by Gasteiger charge is -2.35. The Balaban J connectivity index is 0.970. The molecular formula is C78H47F7N2O. The zero-order chi connectivity index (χ0) is 60.2. The molecule has 12 aromatic carbocycles. The molecule has 0 aliphatic heterocycles. The minimum absolute atomic E-state index is 0.218. The molecule has 0 saturated heterocycles. The van der Waals surface area contributed by atoms with Crippen LogP contribution in [0.5, 0.6) is 0 Å². The van der Waals surface area contributed by atoms with Gasteiger partial charge in [-0.1, -0.05) is 183 Å². The van der Waals surface area contributed by atoms with Gasteiger partial charge in [-0.2, -0.15) is 0 Å². The predicted octanol–water partition coefficient (Wildman–Crippen LogP) is 21.5. The van der Waals surface area contributed by atoms with Crippen molar-refractivity contribution < 1.29 is 35.2 Å². The summed E-state index contributed by atoms with van der Waals surface area (Å²) in [7, 11) is 0. The molecule has 0 spiro atoms. The number of hydrogen-bond donors (Lipinski definition) is 0. The standard InChI is InChI=1S/C78H47F7N2O/c1-3-46-19-23-48(24-20-46)77(50-27-31-52(79)32-28-50)63-15-7-5-11-57(63)59-38-35-54(41-65(59)77)86(56-37-40-67(81)68(82)43-56)72-17-9-13-61-62-14-10-18-73(76(62)88-75(61)72)87(74-45-70(84)69(83)44-71(74)85)55-36-39-60-58-12-6-8-16-64(58)78(66(60)42-55,51-29-33-53(80)34-30-51)49-25-21-47(4-2)22-26-49/h3-45H,1-2H2. The highest BCUT2D eigenvalue weighted by molar-refractivity contribution is 6.14. The second-order valence-corrected chi connectivity index (χ2v) is 22.1. The third-order valence-corrected chi connectivity index (χ3v) is 17.6. The summed E-state index contributed by atoms with van der Waals surface area (Å²) in [6, 6.07) is 72.1. The lowest BCUT2D eigenvalue weighted by molar-refractivity contribution is 0.495. The number of hydrogen-bond acceptors (Lipinski definition) is 3. The molecule has 1 aromatic heterocycles. The monoisotopic (exact) mass is 1160 g/mol. The van der Waals surface area contributed by atoms with Gasteiger partial charge in [0.2, 0.25) is 0 Å². The molecule has 0 saturated carbocycles. The van der Waals surface area contributed by atoms with Gasteiger partial charge in [-0.15, -0.1) is 0 Å². The van der Waals surface area contributed by atoms with Gasteiger partial charge in [-0.3, -0.25) is 0 Å². The smallest absolute Gasteiger partial charge is 0.161 e. The molecule has 2 unspecified atom stereocenters. The first kappa shape index (κ1) is 53.7. The van der Waals surface area contributed by atoms with Gasteiger partial charge >= 0.3 is 0 Å². The Morgan fingerprint density at radius 2 is 0.705 bits per heavy atom. The summed E-state index contributed by atoms with van der Waals surface area (Å²) >= 11 is 0. The van der Waals surface area contributed by atoms with Crippen LogP contribution in [0.2, 0.25) is 0 Å². The van der Waals surface area contributed by atoms with Crippen LogP contribution < -0.4 is 9.80 Å². The third kappa shape index (κ3) is 8.05. The van der Waals surface area contributed by atoms with Gasteiger partial charge in [0.25, 0.3) is 0 Å². The highest BCUT2D eigenvalue weighted by Gasteiger charge is 2.48. The molecule has 15 rings (SSSR count). The first-order valence-electron chi connectivity index (χ1n) is 28.5. The van der Waals surface area contributed by atoms with E-state index in [1.54, 1.807) is 65.6 Å². The lowest BCUT2D eigenvalue weighted by Crippen LogP contribution is -2.29. The highest BCUT2D eigenvalue weighted by Crippen LogP contribution is 2.60. The maximum Gasteiger partial charge on any atom is 0.161 e. The molecule has 10 heteroatoms. The molecule has 0 fully saturated rings. The van der Waals surface area contributed by atoms with Gasteiger partial charge in [0.15, 0.2) is 34.4 Å². The van der Waals surface area contributed by atoms with Crippen LogP contribution in [0.4, 0.5) is 64.9 Å². The number of halogens is 7. The number of fused-ring (bicyclic) bond motifs is 9. The normalized spacial score (nSPS) is 15.4. The summed E-state index contributed by atoms with van der Waals surface area (Å²) in [4.78, 5) is 3.29. The molecule has 13 aromatic rings. The number of anilines is 6. The summed E-state index contributed by atoms with van der Waals surface area (Å²) in [5, 5.41) is 1.12. The largest absolute Gasteiger partial charge is 0.452 e. The van der Waals surface area contributed by atoms with Crippen molar-refractivity contribution in [2.75, 3.05) is 9.80 Å². The Labute approximate surface area is 502 Å². The van der Waals surface area contributed by atoms with Crippen molar-refractivity contribution in [2.45, 2.75) is 10.8 Å². The minimum atomic E-state index is -1.39. The molecule has 0 radical (unpaired) electrons. The van der Waals surface area contributed by atoms with Crippen LogP contribution in [0.1, 0.15) is 55.6 Å². The van der Waals surface area contributed by atoms with Gasteiger partial charge in [0.1, 0.15) is 17.5 Å². The predicted molar refractivity (Wildman–Crippen MR) is 338 cm³/mol. The van der Waals surface area contributed by atoms with Gasteiger partial charge < -0.3 is 14.2 Å². The number of furan rings is 1. The first-order chi connectivity index (χ1) is 42.9. The summed E-state index contributed by atoms with van der Waals surface area (Å²) in [5.74, 6) is -6.74. The molecular weight excluding hydrogens is 1110 g/mol. The van der Waals surface area contributed by atoms with E-state index in [9.17, 15) is 0 Å². The summed E-state index contributed by atoms with van der Waals surface area (Å²) < 4.78 is 117. The third-order valence-electron chi connectivity index (χ3n) is 17.6. The van der Waals surface area contributed by atoms with Crippen LogP contribution in [-0.4, -0.2) is 0 Å². The molecule has 2 aliphatic rings. The fraction of sp³-hybridized carbons (Fsp3) is 0.0256. The van der Waals surface area contributed by atoms with Crippen LogP contribution in [-0.2, 0) is 10.8 Å². The van der Waals surface area contributed by atoms with Crippen molar-refractivity contribution in [2.24, 2.45) is 0 Å². The Hall–Kier alpha value is -11.0. The van der Waals surface area contributed by atoms with Gasteiger partial charge in [-0.25, -0.2) is 30.7 Å². The van der Waals surface area contributed by atoms with E-state index in [-0.39, 0.29) is 28.2 Å². The van der Waals surface area contributed by atoms with Crippen LogP contribution in [0, 0.1) is 40.7 Å². The second kappa shape index (κ2) is 20.6. The molecule has 0 amide bonds. The fourth-order valence-corrected chi connectivity index (χ4v) is 13.8. The SMILES string of the molecule is C=Cc1ccc(C2(c3ccc(F)cc3)c3ccccc3-c3ccc(N(c4ccc(F)c(F)c4)c4cccc5c4oc4c(N(c6ccc7c(c6)C(c6ccc(F)cc6)(c6ccc(C=C)cc6)c6ccccc6-7)c6cc(F)c(F)cc6F)cccc45)cc32)cc1. The van der Waals surface area contributed by atoms with E-state index in [2.05, 4.69) is 25.3 Å². The fourth-order valence-electron chi connectivity index (χ4n) is 13.8. The Morgan fingerprint density at radius 1 is 0.307 bits per heavy atom.